The van der Waals surface area contributed by atoms with Crippen molar-refractivity contribution >= 4 is 5.97 Å². The van der Waals surface area contributed by atoms with Gasteiger partial charge in [0.05, 0.1) is 6.61 Å². The molecule has 3 nitrogen and oxygen atoms in total. The molecule has 0 aromatic rings. The molecule has 54 valence electrons. The average molecular weight is 131 g/mol. The normalized spacial score (nSPS) is 12.8. The Balaban J connectivity index is 3.46. The molecule has 0 heterocycles. The maximum absolute atomic E-state index is 10.6. The van der Waals surface area contributed by atoms with Crippen LogP contribution < -0.4 is 5.73 Å². The van der Waals surface area contributed by atoms with Crippen molar-refractivity contribution in [2.24, 2.45) is 5.73 Å². The second kappa shape index (κ2) is 4.32. The summed E-state index contributed by atoms with van der Waals surface area (Å²) in [4.78, 5) is 10.6. The van der Waals surface area contributed by atoms with E-state index >= 15 is 0 Å². The Kier molecular flexibility index (Phi) is 4.05. The molecule has 1 atom stereocenters. The minimum absolute atomic E-state index is 0.306. The zero-order chi connectivity index (χ0) is 7.28. The van der Waals surface area contributed by atoms with Crippen molar-refractivity contribution < 1.29 is 9.53 Å². The third-order valence-corrected chi connectivity index (χ3v) is 1.03. The van der Waals surface area contributed by atoms with Crippen LogP contribution >= 0.6 is 0 Å². The second-order valence-corrected chi connectivity index (χ2v) is 1.77. The largest absolute Gasteiger partial charge is 0.465 e. The maximum atomic E-state index is 10.6. The van der Waals surface area contributed by atoms with E-state index in [-0.39, 0.29) is 5.97 Å². The van der Waals surface area contributed by atoms with Gasteiger partial charge >= 0.3 is 5.97 Å². The maximum Gasteiger partial charge on any atom is 0.322 e. The lowest BCUT2D eigenvalue weighted by molar-refractivity contribution is -0.144. The first-order valence-electron chi connectivity index (χ1n) is 3.14. The van der Waals surface area contributed by atoms with Gasteiger partial charge in [0.25, 0.3) is 0 Å². The number of hydrogen-bond donors (Lipinski definition) is 1. The van der Waals surface area contributed by atoms with Crippen LogP contribution in [0.4, 0.5) is 0 Å². The van der Waals surface area contributed by atoms with E-state index in [0.717, 1.165) is 0 Å². The van der Waals surface area contributed by atoms with Gasteiger partial charge in [-0.15, -0.1) is 0 Å². The predicted octanol–water partition coefficient (Wildman–Crippen LogP) is 0.287. The van der Waals surface area contributed by atoms with Gasteiger partial charge < -0.3 is 10.5 Å². The van der Waals surface area contributed by atoms with Gasteiger partial charge in [-0.3, -0.25) is 4.79 Å². The molecule has 9 heavy (non-hydrogen) atoms. The quantitative estimate of drug-likeness (QED) is 0.560. The molecule has 0 radical (unpaired) electrons. The number of rotatable bonds is 3. The number of esters is 1. The summed E-state index contributed by atoms with van der Waals surface area (Å²) >= 11 is 0. The summed E-state index contributed by atoms with van der Waals surface area (Å²) in [5.74, 6) is -0.306. The number of carbonyl (C=O) groups excluding carboxylic acids is 1. The average Bonchev–Trinajstić information content (AvgIpc) is 1.87. The van der Waals surface area contributed by atoms with Crippen molar-refractivity contribution in [2.45, 2.75) is 26.3 Å². The number of carbonyl (C=O) groups is 1. The highest BCUT2D eigenvalue weighted by molar-refractivity contribution is 5.75. The number of hydrogen-bond acceptors (Lipinski definition) is 3. The fraction of sp³-hybridized carbons (Fsp3) is 0.833. The van der Waals surface area contributed by atoms with E-state index in [2.05, 4.69) is 4.74 Å². The Hall–Kier alpha value is -0.570. The van der Waals surface area contributed by atoms with Crippen LogP contribution in [0.25, 0.3) is 0 Å². The van der Waals surface area contributed by atoms with Gasteiger partial charge in [-0.1, -0.05) is 6.92 Å². The summed E-state index contributed by atoms with van der Waals surface area (Å²) in [5.41, 5.74) is 5.33. The highest BCUT2D eigenvalue weighted by Crippen LogP contribution is 1.89. The molecule has 0 aliphatic heterocycles. The van der Waals surface area contributed by atoms with Crippen molar-refractivity contribution in [3.63, 3.8) is 0 Å². The van der Waals surface area contributed by atoms with Crippen LogP contribution in [0.15, 0.2) is 0 Å². The van der Waals surface area contributed by atoms with Gasteiger partial charge in [-0.25, -0.2) is 0 Å². The van der Waals surface area contributed by atoms with Gasteiger partial charge in [0.15, 0.2) is 0 Å². The minimum atomic E-state index is -0.440. The van der Waals surface area contributed by atoms with Gasteiger partial charge in [0, 0.05) is 0 Å². The number of nitrogens with two attached hydrogens (primary N) is 1. The van der Waals surface area contributed by atoms with E-state index in [1.54, 1.807) is 6.92 Å². The predicted molar refractivity (Wildman–Crippen MR) is 34.9 cm³/mol. The fourth-order valence-corrected chi connectivity index (χ4v) is 0.416. The summed E-state index contributed by atoms with van der Waals surface area (Å²) in [6.45, 7) is 4.02. The summed E-state index contributed by atoms with van der Waals surface area (Å²) in [5, 5.41) is 0. The van der Waals surface area contributed by atoms with E-state index in [4.69, 9.17) is 5.73 Å². The number of ether oxygens (including phenoxy) is 1. The monoisotopic (exact) mass is 131 g/mol. The standard InChI is InChI=1S/C6H13NO2/c1-3-5(7)6(8)9-4-2/h5H,3-4,7H2,1-2H3/t5-/m1/s1. The minimum Gasteiger partial charge on any atom is -0.465 e. The lowest BCUT2D eigenvalue weighted by atomic mass is 10.2. The molecule has 0 unspecified atom stereocenters. The van der Waals surface area contributed by atoms with Gasteiger partial charge in [-0.2, -0.15) is 0 Å². The molecule has 0 aromatic heterocycles. The van der Waals surface area contributed by atoms with E-state index in [1.165, 1.54) is 0 Å². The molecular weight excluding hydrogens is 118 g/mol. The first-order chi connectivity index (χ1) is 4.22. The summed E-state index contributed by atoms with van der Waals surface area (Å²) < 4.78 is 4.63. The van der Waals surface area contributed by atoms with Crippen LogP contribution in [0, 0.1) is 0 Å². The second-order valence-electron chi connectivity index (χ2n) is 1.77. The fourth-order valence-electron chi connectivity index (χ4n) is 0.416. The lowest BCUT2D eigenvalue weighted by Gasteiger charge is -2.05. The third kappa shape index (κ3) is 3.08. The van der Waals surface area contributed by atoms with Crippen LogP contribution in [-0.4, -0.2) is 18.6 Å². The van der Waals surface area contributed by atoms with Crippen LogP contribution in [-0.2, 0) is 9.53 Å². The topological polar surface area (TPSA) is 52.3 Å². The van der Waals surface area contributed by atoms with E-state index < -0.39 is 6.04 Å². The zero-order valence-electron chi connectivity index (χ0n) is 5.89. The summed E-state index contributed by atoms with van der Waals surface area (Å²) in [6, 6.07) is -0.440. The van der Waals surface area contributed by atoms with Crippen molar-refractivity contribution in [2.75, 3.05) is 6.61 Å². The first kappa shape index (κ1) is 8.43. The highest BCUT2D eigenvalue weighted by atomic mass is 16.5. The van der Waals surface area contributed by atoms with Crippen LogP contribution in [0.2, 0.25) is 0 Å². The third-order valence-electron chi connectivity index (χ3n) is 1.03. The van der Waals surface area contributed by atoms with E-state index in [9.17, 15) is 4.79 Å². The molecule has 0 aliphatic rings. The van der Waals surface area contributed by atoms with Crippen molar-refractivity contribution in [1.82, 2.24) is 0 Å². The van der Waals surface area contributed by atoms with Crippen molar-refractivity contribution in [3.05, 3.63) is 0 Å². The molecule has 0 fully saturated rings. The molecule has 0 saturated carbocycles. The van der Waals surface area contributed by atoms with Crippen molar-refractivity contribution in [3.8, 4) is 0 Å². The van der Waals surface area contributed by atoms with Crippen molar-refractivity contribution in [1.29, 1.82) is 0 Å². The van der Waals surface area contributed by atoms with Crippen LogP contribution in [0.1, 0.15) is 20.3 Å². The van der Waals surface area contributed by atoms with Gasteiger partial charge in [0.2, 0.25) is 0 Å². The SMILES string of the molecule is CCOC(=O)[C@H](N)CC. The molecule has 0 aromatic carbocycles. The van der Waals surface area contributed by atoms with Gasteiger partial charge in [0.1, 0.15) is 6.04 Å². The van der Waals surface area contributed by atoms with E-state index in [0.29, 0.717) is 13.0 Å². The van der Waals surface area contributed by atoms with E-state index in [1.807, 2.05) is 6.92 Å². The smallest absolute Gasteiger partial charge is 0.322 e. The molecular formula is C6H13NO2. The zero-order valence-corrected chi connectivity index (χ0v) is 5.89. The molecule has 0 spiro atoms. The Labute approximate surface area is 55.2 Å². The first-order valence-corrected chi connectivity index (χ1v) is 3.14. The Bertz CT molecular complexity index is 93.1. The van der Waals surface area contributed by atoms with Crippen LogP contribution in [0.5, 0.6) is 0 Å². The highest BCUT2D eigenvalue weighted by Gasteiger charge is 2.10. The molecule has 3 heteroatoms. The Morgan fingerprint density at radius 2 is 2.22 bits per heavy atom. The lowest BCUT2D eigenvalue weighted by Crippen LogP contribution is -2.31. The molecule has 2 N–H and O–H groups in total. The molecule has 0 aliphatic carbocycles. The van der Waals surface area contributed by atoms with Crippen LogP contribution in [0.3, 0.4) is 0 Å². The molecule has 0 bridgehead atoms. The summed E-state index contributed by atoms with van der Waals surface area (Å²) in [6.07, 6.45) is 0.638. The summed E-state index contributed by atoms with van der Waals surface area (Å²) in [7, 11) is 0. The van der Waals surface area contributed by atoms with Gasteiger partial charge in [-0.05, 0) is 13.3 Å². The molecule has 0 amide bonds. The Morgan fingerprint density at radius 3 is 2.56 bits per heavy atom. The molecule has 0 rings (SSSR count). The Morgan fingerprint density at radius 1 is 1.67 bits per heavy atom. The molecule has 0 saturated heterocycles.